The number of rotatable bonds is 3. The van der Waals surface area contributed by atoms with Gasteiger partial charge in [-0.05, 0) is 36.5 Å². The van der Waals surface area contributed by atoms with Gasteiger partial charge in [-0.3, -0.25) is 4.79 Å². The summed E-state index contributed by atoms with van der Waals surface area (Å²) in [4.78, 5) is 10.6. The summed E-state index contributed by atoms with van der Waals surface area (Å²) in [5.41, 5.74) is 2.57. The van der Waals surface area contributed by atoms with Crippen molar-refractivity contribution in [2.75, 3.05) is 0 Å². The molecule has 0 fully saturated rings. The molecule has 3 rings (SSSR count). The van der Waals surface area contributed by atoms with Gasteiger partial charge in [0.2, 0.25) is 0 Å². The number of fused-ring (bicyclic) bond motifs is 1. The van der Waals surface area contributed by atoms with E-state index in [2.05, 4.69) is 18.2 Å². The minimum atomic E-state index is 0.0283. The van der Waals surface area contributed by atoms with Gasteiger partial charge in [-0.15, -0.1) is 0 Å². The zero-order valence-electron chi connectivity index (χ0n) is 9.96. The molecule has 0 saturated heterocycles. The van der Waals surface area contributed by atoms with Crippen LogP contribution in [0.2, 0.25) is 0 Å². The highest BCUT2D eigenvalue weighted by Crippen LogP contribution is 2.33. The molecular formula is C15H14O3. The first-order valence-corrected chi connectivity index (χ1v) is 6.16. The van der Waals surface area contributed by atoms with Gasteiger partial charge in [-0.25, -0.2) is 0 Å². The molecule has 1 aromatic carbocycles. The zero-order valence-corrected chi connectivity index (χ0v) is 9.96. The van der Waals surface area contributed by atoms with E-state index in [-0.39, 0.29) is 6.10 Å². The van der Waals surface area contributed by atoms with Crippen LogP contribution in [0, 0.1) is 0 Å². The summed E-state index contributed by atoms with van der Waals surface area (Å²) < 4.78 is 11.1. The topological polar surface area (TPSA) is 39.4 Å². The van der Waals surface area contributed by atoms with Crippen LogP contribution in [0.25, 0.3) is 0 Å². The molecule has 1 aliphatic carbocycles. The summed E-state index contributed by atoms with van der Waals surface area (Å²) in [5, 5.41) is 0. The third-order valence-corrected chi connectivity index (χ3v) is 3.29. The number of carbonyl (C=O) groups excluding carboxylic acids is 1. The standard InChI is InChI=1S/C15H14O3/c16-10-12-8-9-15(17-12)18-14-7-3-5-11-4-1-2-6-13(11)14/h1-2,4,6,8-10,14H,3,5,7H2. The second-order valence-electron chi connectivity index (χ2n) is 4.47. The first-order valence-electron chi connectivity index (χ1n) is 6.16. The van der Waals surface area contributed by atoms with E-state index in [1.165, 1.54) is 11.1 Å². The smallest absolute Gasteiger partial charge is 0.285 e. The zero-order chi connectivity index (χ0) is 12.4. The molecule has 0 amide bonds. The quantitative estimate of drug-likeness (QED) is 0.773. The Labute approximate surface area is 105 Å². The molecule has 1 unspecified atom stereocenters. The van der Waals surface area contributed by atoms with Crippen molar-refractivity contribution in [2.45, 2.75) is 25.4 Å². The Balaban J connectivity index is 1.83. The second kappa shape index (κ2) is 4.69. The summed E-state index contributed by atoms with van der Waals surface area (Å²) in [7, 11) is 0. The first kappa shape index (κ1) is 11.1. The second-order valence-corrected chi connectivity index (χ2v) is 4.47. The molecule has 0 spiro atoms. The molecule has 0 N–H and O–H groups in total. The monoisotopic (exact) mass is 242 g/mol. The average molecular weight is 242 g/mol. The Hall–Kier alpha value is -2.03. The highest BCUT2D eigenvalue weighted by Gasteiger charge is 2.22. The van der Waals surface area contributed by atoms with Crippen molar-refractivity contribution in [3.63, 3.8) is 0 Å². The molecule has 0 bridgehead atoms. The van der Waals surface area contributed by atoms with Crippen molar-refractivity contribution in [3.05, 3.63) is 53.3 Å². The summed E-state index contributed by atoms with van der Waals surface area (Å²) in [6.07, 6.45) is 3.91. The number of aryl methyl sites for hydroxylation is 1. The van der Waals surface area contributed by atoms with E-state index in [1.807, 2.05) is 6.07 Å². The van der Waals surface area contributed by atoms with Crippen LogP contribution < -0.4 is 4.74 Å². The highest BCUT2D eigenvalue weighted by atomic mass is 16.6. The molecule has 18 heavy (non-hydrogen) atoms. The molecule has 3 nitrogen and oxygen atoms in total. The minimum Gasteiger partial charge on any atom is -0.457 e. The summed E-state index contributed by atoms with van der Waals surface area (Å²) in [6, 6.07) is 11.6. The van der Waals surface area contributed by atoms with Crippen LogP contribution in [0.3, 0.4) is 0 Å². The molecular weight excluding hydrogens is 228 g/mol. The predicted octanol–water partition coefficient (Wildman–Crippen LogP) is 3.55. The summed E-state index contributed by atoms with van der Waals surface area (Å²) in [6.45, 7) is 0. The molecule has 1 aliphatic rings. The van der Waals surface area contributed by atoms with Gasteiger partial charge in [0.25, 0.3) is 5.95 Å². The lowest BCUT2D eigenvalue weighted by molar-refractivity contribution is 0.106. The van der Waals surface area contributed by atoms with Crippen molar-refractivity contribution in [2.24, 2.45) is 0 Å². The van der Waals surface area contributed by atoms with E-state index in [0.717, 1.165) is 19.3 Å². The van der Waals surface area contributed by atoms with Gasteiger partial charge >= 0.3 is 0 Å². The Morgan fingerprint density at radius 2 is 2.11 bits per heavy atom. The number of furan rings is 1. The van der Waals surface area contributed by atoms with Crippen LogP contribution in [0.5, 0.6) is 5.95 Å². The number of aldehydes is 1. The van der Waals surface area contributed by atoms with Crippen LogP contribution in [0.15, 0.2) is 40.8 Å². The molecule has 0 radical (unpaired) electrons. The van der Waals surface area contributed by atoms with Crippen LogP contribution >= 0.6 is 0 Å². The van der Waals surface area contributed by atoms with E-state index in [0.29, 0.717) is 18.0 Å². The van der Waals surface area contributed by atoms with Crippen molar-refractivity contribution >= 4 is 6.29 Å². The third-order valence-electron chi connectivity index (χ3n) is 3.29. The molecule has 1 heterocycles. The molecule has 3 heteroatoms. The summed E-state index contributed by atoms with van der Waals surface area (Å²) in [5.74, 6) is 0.716. The van der Waals surface area contributed by atoms with Gasteiger partial charge in [0, 0.05) is 6.07 Å². The maximum Gasteiger partial charge on any atom is 0.285 e. The van der Waals surface area contributed by atoms with Gasteiger partial charge in [-0.2, -0.15) is 0 Å². The minimum absolute atomic E-state index is 0.0283. The van der Waals surface area contributed by atoms with Gasteiger partial charge < -0.3 is 9.15 Å². The van der Waals surface area contributed by atoms with Gasteiger partial charge in [0.15, 0.2) is 12.0 Å². The van der Waals surface area contributed by atoms with E-state index < -0.39 is 0 Å². The van der Waals surface area contributed by atoms with Crippen molar-refractivity contribution in [1.29, 1.82) is 0 Å². The predicted molar refractivity (Wildman–Crippen MR) is 66.8 cm³/mol. The van der Waals surface area contributed by atoms with E-state index in [1.54, 1.807) is 12.1 Å². The number of hydrogen-bond donors (Lipinski definition) is 0. The fourth-order valence-corrected chi connectivity index (χ4v) is 2.43. The Morgan fingerprint density at radius 1 is 1.22 bits per heavy atom. The molecule has 1 aromatic heterocycles. The number of benzene rings is 1. The highest BCUT2D eigenvalue weighted by molar-refractivity contribution is 5.70. The van der Waals surface area contributed by atoms with Gasteiger partial charge in [0.1, 0.15) is 6.10 Å². The number of hydrogen-bond acceptors (Lipinski definition) is 3. The van der Waals surface area contributed by atoms with Crippen LogP contribution in [0.4, 0.5) is 0 Å². The van der Waals surface area contributed by atoms with E-state index in [9.17, 15) is 4.79 Å². The SMILES string of the molecule is O=Cc1ccc(OC2CCCc3ccccc32)o1. The largest absolute Gasteiger partial charge is 0.457 e. The van der Waals surface area contributed by atoms with Gasteiger partial charge in [0.05, 0.1) is 0 Å². The fourth-order valence-electron chi connectivity index (χ4n) is 2.43. The molecule has 0 aliphatic heterocycles. The Morgan fingerprint density at radius 3 is 2.94 bits per heavy atom. The first-order chi connectivity index (χ1) is 8.86. The third kappa shape index (κ3) is 2.04. The van der Waals surface area contributed by atoms with E-state index in [4.69, 9.17) is 9.15 Å². The fraction of sp³-hybridized carbons (Fsp3) is 0.267. The Bertz CT molecular complexity index is 556. The average Bonchev–Trinajstić information content (AvgIpc) is 2.87. The molecule has 0 saturated carbocycles. The van der Waals surface area contributed by atoms with E-state index >= 15 is 0 Å². The Kier molecular flexibility index (Phi) is 2.89. The molecule has 1 atom stereocenters. The van der Waals surface area contributed by atoms with Crippen molar-refractivity contribution < 1.29 is 13.9 Å². The normalized spacial score (nSPS) is 18.1. The lowest BCUT2D eigenvalue weighted by atomic mass is 9.89. The molecule has 92 valence electrons. The van der Waals surface area contributed by atoms with Crippen LogP contribution in [0.1, 0.15) is 40.6 Å². The number of ether oxygens (including phenoxy) is 1. The van der Waals surface area contributed by atoms with Gasteiger partial charge in [-0.1, -0.05) is 24.3 Å². The van der Waals surface area contributed by atoms with Crippen molar-refractivity contribution in [1.82, 2.24) is 0 Å². The lowest BCUT2D eigenvalue weighted by Crippen LogP contribution is -2.14. The maximum atomic E-state index is 10.6. The van der Waals surface area contributed by atoms with Crippen LogP contribution in [-0.4, -0.2) is 6.29 Å². The molecule has 2 aromatic rings. The lowest BCUT2D eigenvalue weighted by Gasteiger charge is -2.25. The summed E-state index contributed by atoms with van der Waals surface area (Å²) >= 11 is 0. The van der Waals surface area contributed by atoms with Crippen molar-refractivity contribution in [3.8, 4) is 5.95 Å². The van der Waals surface area contributed by atoms with Crippen LogP contribution in [-0.2, 0) is 6.42 Å². The number of carbonyl (C=O) groups is 1. The maximum absolute atomic E-state index is 10.6.